The van der Waals surface area contributed by atoms with Gasteiger partial charge in [-0.05, 0) is 30.7 Å². The van der Waals surface area contributed by atoms with Crippen LogP contribution in [-0.2, 0) is 11.3 Å². The smallest absolute Gasteiger partial charge is 0.279 e. The van der Waals surface area contributed by atoms with Gasteiger partial charge < -0.3 is 9.30 Å². The Balaban J connectivity index is 2.11. The van der Waals surface area contributed by atoms with Crippen molar-refractivity contribution in [2.75, 3.05) is 13.7 Å². The van der Waals surface area contributed by atoms with Crippen LogP contribution in [0.3, 0.4) is 0 Å². The Morgan fingerprint density at radius 1 is 1.17 bits per heavy atom. The van der Waals surface area contributed by atoms with E-state index in [2.05, 4.69) is 4.99 Å². The molecule has 0 spiro atoms. The van der Waals surface area contributed by atoms with Crippen molar-refractivity contribution in [3.05, 3.63) is 64.5 Å². The van der Waals surface area contributed by atoms with Gasteiger partial charge in [-0.2, -0.15) is 4.99 Å². The average molecular weight is 326 g/mol. The number of carbonyl (C=O) groups is 1. The van der Waals surface area contributed by atoms with Crippen molar-refractivity contribution < 1.29 is 9.53 Å². The maximum absolute atomic E-state index is 12.5. The predicted octanol–water partition coefficient (Wildman–Crippen LogP) is 3.40. The molecule has 0 bridgehead atoms. The molecule has 0 unspecified atom stereocenters. The number of aromatic nitrogens is 1. The number of benzene rings is 2. The van der Waals surface area contributed by atoms with Gasteiger partial charge in [0.2, 0.25) is 0 Å². The summed E-state index contributed by atoms with van der Waals surface area (Å²) in [5.74, 6) is -0.208. The molecular formula is C18H18N2O2S. The maximum Gasteiger partial charge on any atom is 0.279 e. The first-order valence-electron chi connectivity index (χ1n) is 7.42. The number of nitrogens with zero attached hydrogens (tertiary/aromatic N) is 2. The molecule has 1 amide bonds. The minimum Gasteiger partial charge on any atom is -0.383 e. The standard InChI is InChI=1S/C18H18N2O2S/c1-13-7-3-4-8-14(13)17(21)19-18-20(11-12-22-2)15-9-5-6-10-16(15)23-18/h3-10H,11-12H2,1-2H3. The summed E-state index contributed by atoms with van der Waals surface area (Å²) in [7, 11) is 1.67. The fourth-order valence-corrected chi connectivity index (χ4v) is 3.52. The predicted molar refractivity (Wildman–Crippen MR) is 92.8 cm³/mol. The molecule has 0 aliphatic rings. The van der Waals surface area contributed by atoms with Crippen molar-refractivity contribution in [1.82, 2.24) is 4.57 Å². The number of methoxy groups -OCH3 is 1. The second-order valence-corrected chi connectivity index (χ2v) is 6.24. The number of carbonyl (C=O) groups excluding carboxylic acids is 1. The van der Waals surface area contributed by atoms with Gasteiger partial charge in [0, 0.05) is 19.2 Å². The number of ether oxygens (including phenoxy) is 1. The third-order valence-electron chi connectivity index (χ3n) is 3.68. The first-order valence-corrected chi connectivity index (χ1v) is 8.24. The Morgan fingerprint density at radius 3 is 2.70 bits per heavy atom. The van der Waals surface area contributed by atoms with Crippen LogP contribution < -0.4 is 4.80 Å². The summed E-state index contributed by atoms with van der Waals surface area (Å²) in [5.41, 5.74) is 2.65. The van der Waals surface area contributed by atoms with E-state index in [1.807, 2.05) is 60.0 Å². The Hall–Kier alpha value is -2.24. The first-order chi connectivity index (χ1) is 11.2. The molecule has 5 heteroatoms. The number of hydrogen-bond acceptors (Lipinski definition) is 3. The van der Waals surface area contributed by atoms with Crippen LogP contribution in [0.5, 0.6) is 0 Å². The van der Waals surface area contributed by atoms with E-state index >= 15 is 0 Å². The number of aryl methyl sites for hydroxylation is 1. The lowest BCUT2D eigenvalue weighted by Crippen LogP contribution is -2.19. The van der Waals surface area contributed by atoms with Crippen molar-refractivity contribution in [3.63, 3.8) is 0 Å². The van der Waals surface area contributed by atoms with Gasteiger partial charge in [0.1, 0.15) is 0 Å². The third kappa shape index (κ3) is 3.25. The van der Waals surface area contributed by atoms with Gasteiger partial charge in [0.25, 0.3) is 5.91 Å². The zero-order valence-corrected chi connectivity index (χ0v) is 14.0. The van der Waals surface area contributed by atoms with E-state index in [0.717, 1.165) is 15.8 Å². The van der Waals surface area contributed by atoms with E-state index < -0.39 is 0 Å². The molecule has 0 aliphatic heterocycles. The van der Waals surface area contributed by atoms with Gasteiger partial charge in [-0.1, -0.05) is 41.7 Å². The summed E-state index contributed by atoms with van der Waals surface area (Å²) < 4.78 is 8.34. The summed E-state index contributed by atoms with van der Waals surface area (Å²) in [6.07, 6.45) is 0. The minimum absolute atomic E-state index is 0.208. The van der Waals surface area contributed by atoms with Crippen molar-refractivity contribution in [2.45, 2.75) is 13.5 Å². The molecule has 3 aromatic rings. The zero-order valence-electron chi connectivity index (χ0n) is 13.2. The van der Waals surface area contributed by atoms with Crippen LogP contribution >= 0.6 is 11.3 Å². The lowest BCUT2D eigenvalue weighted by molar-refractivity contribution is 0.0997. The van der Waals surface area contributed by atoms with E-state index in [1.54, 1.807) is 7.11 Å². The van der Waals surface area contributed by atoms with Crippen molar-refractivity contribution in [2.24, 2.45) is 4.99 Å². The number of fused-ring (bicyclic) bond motifs is 1. The SMILES string of the molecule is COCCn1c(=NC(=O)c2ccccc2C)sc2ccccc21. The van der Waals surface area contributed by atoms with Gasteiger partial charge in [0.15, 0.2) is 4.80 Å². The summed E-state index contributed by atoms with van der Waals surface area (Å²) in [4.78, 5) is 17.6. The number of para-hydroxylation sites is 1. The Labute approximate surface area is 138 Å². The molecule has 0 saturated carbocycles. The van der Waals surface area contributed by atoms with E-state index in [4.69, 9.17) is 4.74 Å². The molecule has 23 heavy (non-hydrogen) atoms. The molecular weight excluding hydrogens is 308 g/mol. The first kappa shape index (κ1) is 15.6. The Kier molecular flexibility index (Phi) is 4.69. The summed E-state index contributed by atoms with van der Waals surface area (Å²) in [6, 6.07) is 15.6. The quantitative estimate of drug-likeness (QED) is 0.737. The molecule has 118 valence electrons. The average Bonchev–Trinajstić information content (AvgIpc) is 2.90. The molecule has 2 aromatic carbocycles. The highest BCUT2D eigenvalue weighted by atomic mass is 32.1. The van der Waals surface area contributed by atoms with E-state index in [9.17, 15) is 4.79 Å². The number of thiazole rings is 1. The fraction of sp³-hybridized carbons (Fsp3) is 0.222. The van der Waals surface area contributed by atoms with Crippen LogP contribution in [0, 0.1) is 6.92 Å². The van der Waals surface area contributed by atoms with E-state index in [-0.39, 0.29) is 5.91 Å². The van der Waals surface area contributed by atoms with Crippen molar-refractivity contribution in [3.8, 4) is 0 Å². The molecule has 0 radical (unpaired) electrons. The van der Waals surface area contributed by atoms with E-state index in [0.29, 0.717) is 23.5 Å². The van der Waals surface area contributed by atoms with Crippen LogP contribution in [0.25, 0.3) is 10.2 Å². The lowest BCUT2D eigenvalue weighted by atomic mass is 10.1. The highest BCUT2D eigenvalue weighted by Gasteiger charge is 2.10. The van der Waals surface area contributed by atoms with Gasteiger partial charge >= 0.3 is 0 Å². The topological polar surface area (TPSA) is 43.6 Å². The molecule has 0 fully saturated rings. The number of amides is 1. The van der Waals surface area contributed by atoms with Crippen LogP contribution in [-0.4, -0.2) is 24.2 Å². The highest BCUT2D eigenvalue weighted by Crippen LogP contribution is 2.17. The minimum atomic E-state index is -0.208. The highest BCUT2D eigenvalue weighted by molar-refractivity contribution is 7.16. The maximum atomic E-state index is 12.5. The van der Waals surface area contributed by atoms with Gasteiger partial charge in [-0.15, -0.1) is 0 Å². The van der Waals surface area contributed by atoms with Crippen LogP contribution in [0.1, 0.15) is 15.9 Å². The van der Waals surface area contributed by atoms with Gasteiger partial charge in [-0.3, -0.25) is 4.79 Å². The van der Waals surface area contributed by atoms with Gasteiger partial charge in [-0.25, -0.2) is 0 Å². The molecule has 4 nitrogen and oxygen atoms in total. The molecule has 0 aliphatic carbocycles. The van der Waals surface area contributed by atoms with Crippen LogP contribution in [0.2, 0.25) is 0 Å². The molecule has 1 aromatic heterocycles. The molecule has 0 atom stereocenters. The van der Waals surface area contributed by atoms with Crippen molar-refractivity contribution in [1.29, 1.82) is 0 Å². The summed E-state index contributed by atoms with van der Waals surface area (Å²) in [6.45, 7) is 3.17. The third-order valence-corrected chi connectivity index (χ3v) is 4.74. The largest absolute Gasteiger partial charge is 0.383 e. The van der Waals surface area contributed by atoms with Crippen LogP contribution in [0.4, 0.5) is 0 Å². The number of hydrogen-bond donors (Lipinski definition) is 0. The second kappa shape index (κ2) is 6.89. The monoisotopic (exact) mass is 326 g/mol. The zero-order chi connectivity index (χ0) is 16.2. The van der Waals surface area contributed by atoms with Crippen molar-refractivity contribution >= 4 is 27.5 Å². The second-order valence-electron chi connectivity index (χ2n) is 5.23. The Bertz CT molecular complexity index is 909. The lowest BCUT2D eigenvalue weighted by Gasteiger charge is -2.04. The van der Waals surface area contributed by atoms with Crippen LogP contribution in [0.15, 0.2) is 53.5 Å². The summed E-state index contributed by atoms with van der Waals surface area (Å²) in [5, 5.41) is 0. The molecule has 0 N–H and O–H groups in total. The van der Waals surface area contributed by atoms with E-state index in [1.165, 1.54) is 11.3 Å². The molecule has 1 heterocycles. The summed E-state index contributed by atoms with van der Waals surface area (Å²) >= 11 is 1.52. The fourth-order valence-electron chi connectivity index (χ4n) is 2.46. The normalized spacial score (nSPS) is 12.0. The Morgan fingerprint density at radius 2 is 1.91 bits per heavy atom. The number of rotatable bonds is 4. The molecule has 0 saturated heterocycles. The van der Waals surface area contributed by atoms with Gasteiger partial charge in [0.05, 0.1) is 16.8 Å². The molecule has 3 rings (SSSR count).